The smallest absolute Gasteiger partial charge is 0.0279 e. The van der Waals surface area contributed by atoms with Crippen LogP contribution in [0.5, 0.6) is 0 Å². The zero-order valence-electron chi connectivity index (χ0n) is 12.0. The van der Waals surface area contributed by atoms with Gasteiger partial charge in [-0.25, -0.2) is 0 Å². The molecular formula is C14H27N3. The molecule has 0 fully saturated rings. The summed E-state index contributed by atoms with van der Waals surface area (Å²) in [7, 11) is 2.13. The molecule has 17 heavy (non-hydrogen) atoms. The largest absolute Gasteiger partial charge is 0.346 e. The quantitative estimate of drug-likeness (QED) is 0.822. The van der Waals surface area contributed by atoms with Gasteiger partial charge in [-0.3, -0.25) is 0 Å². The van der Waals surface area contributed by atoms with E-state index in [2.05, 4.69) is 50.3 Å². The first-order valence-electron chi connectivity index (χ1n) is 6.53. The summed E-state index contributed by atoms with van der Waals surface area (Å²) in [5.41, 5.74) is 9.81. The first kappa shape index (κ1) is 14.3. The molecule has 0 unspecified atom stereocenters. The van der Waals surface area contributed by atoms with Crippen molar-refractivity contribution in [2.45, 2.75) is 40.2 Å². The highest BCUT2D eigenvalue weighted by atomic mass is 15.1. The van der Waals surface area contributed by atoms with Gasteiger partial charge in [0.2, 0.25) is 0 Å². The lowest BCUT2D eigenvalue weighted by molar-refractivity contribution is 0.347. The Balaban J connectivity index is 2.69. The predicted molar refractivity (Wildman–Crippen MR) is 74.5 cm³/mol. The highest BCUT2D eigenvalue weighted by molar-refractivity contribution is 5.27. The summed E-state index contributed by atoms with van der Waals surface area (Å²) in [6.07, 6.45) is 1.11. The molecule has 0 saturated heterocycles. The molecule has 1 heterocycles. The van der Waals surface area contributed by atoms with Crippen LogP contribution in [0.3, 0.4) is 0 Å². The number of aryl methyl sites for hydroxylation is 1. The van der Waals surface area contributed by atoms with Crippen molar-refractivity contribution in [3.8, 4) is 0 Å². The van der Waals surface area contributed by atoms with E-state index >= 15 is 0 Å². The summed E-state index contributed by atoms with van der Waals surface area (Å²) in [6.45, 7) is 11.7. The van der Waals surface area contributed by atoms with E-state index in [0.717, 1.165) is 26.1 Å². The molecule has 98 valence electrons. The summed E-state index contributed by atoms with van der Waals surface area (Å²) in [6, 6.07) is 2.87. The number of nitrogens with two attached hydrogens (primary N) is 1. The molecule has 0 spiro atoms. The van der Waals surface area contributed by atoms with Gasteiger partial charge in [-0.1, -0.05) is 0 Å². The molecule has 0 bridgehead atoms. The topological polar surface area (TPSA) is 34.2 Å². The van der Waals surface area contributed by atoms with Gasteiger partial charge in [-0.2, -0.15) is 0 Å². The second kappa shape index (κ2) is 6.22. The van der Waals surface area contributed by atoms with E-state index < -0.39 is 0 Å². The van der Waals surface area contributed by atoms with E-state index in [9.17, 15) is 0 Å². The fourth-order valence-electron chi connectivity index (χ4n) is 2.54. The molecule has 0 aliphatic heterocycles. The molecule has 0 aliphatic carbocycles. The Labute approximate surface area is 106 Å². The zero-order chi connectivity index (χ0) is 13.0. The maximum Gasteiger partial charge on any atom is 0.0279 e. The van der Waals surface area contributed by atoms with Gasteiger partial charge in [-0.15, -0.1) is 0 Å². The molecule has 3 heteroatoms. The second-order valence-electron chi connectivity index (χ2n) is 5.20. The van der Waals surface area contributed by atoms with Crippen LogP contribution in [0, 0.1) is 13.8 Å². The van der Waals surface area contributed by atoms with E-state index in [4.69, 9.17) is 5.73 Å². The standard InChI is InChI=1S/C14H27N3/c1-11(2)17-12(3)10-14(13(17)4)6-8-16(5)9-7-15/h10-11H,6-9,15H2,1-5H3. The lowest BCUT2D eigenvalue weighted by atomic mass is 10.1. The second-order valence-corrected chi connectivity index (χ2v) is 5.20. The van der Waals surface area contributed by atoms with Gasteiger partial charge in [0.25, 0.3) is 0 Å². The highest BCUT2D eigenvalue weighted by Crippen LogP contribution is 2.20. The van der Waals surface area contributed by atoms with E-state index in [1.807, 2.05) is 0 Å². The maximum absolute atomic E-state index is 5.55. The summed E-state index contributed by atoms with van der Waals surface area (Å²) >= 11 is 0. The van der Waals surface area contributed by atoms with Crippen LogP contribution in [0.15, 0.2) is 6.07 Å². The summed E-state index contributed by atoms with van der Waals surface area (Å²) in [5, 5.41) is 0. The third kappa shape index (κ3) is 3.58. The van der Waals surface area contributed by atoms with Crippen molar-refractivity contribution in [1.82, 2.24) is 9.47 Å². The van der Waals surface area contributed by atoms with E-state index in [1.165, 1.54) is 17.0 Å². The number of hydrogen-bond acceptors (Lipinski definition) is 2. The molecular weight excluding hydrogens is 210 g/mol. The lowest BCUT2D eigenvalue weighted by Crippen LogP contribution is -2.27. The van der Waals surface area contributed by atoms with Crippen LogP contribution >= 0.6 is 0 Å². The Morgan fingerprint density at radius 3 is 2.41 bits per heavy atom. The third-order valence-corrected chi connectivity index (χ3v) is 3.38. The van der Waals surface area contributed by atoms with Gasteiger partial charge in [0.15, 0.2) is 0 Å². The molecule has 0 saturated carbocycles. The van der Waals surface area contributed by atoms with Crippen molar-refractivity contribution in [3.05, 3.63) is 23.0 Å². The Morgan fingerprint density at radius 2 is 1.94 bits per heavy atom. The molecule has 0 amide bonds. The van der Waals surface area contributed by atoms with Gasteiger partial charge in [-0.05, 0) is 52.8 Å². The Hall–Kier alpha value is -0.800. The van der Waals surface area contributed by atoms with Crippen molar-refractivity contribution in [1.29, 1.82) is 0 Å². The fraction of sp³-hybridized carbons (Fsp3) is 0.714. The molecule has 1 aromatic heterocycles. The maximum atomic E-state index is 5.55. The van der Waals surface area contributed by atoms with Crippen LogP contribution in [0.2, 0.25) is 0 Å². The molecule has 3 nitrogen and oxygen atoms in total. The fourth-order valence-corrected chi connectivity index (χ4v) is 2.54. The minimum absolute atomic E-state index is 0.547. The Morgan fingerprint density at radius 1 is 1.29 bits per heavy atom. The van der Waals surface area contributed by atoms with Crippen molar-refractivity contribution in [2.24, 2.45) is 5.73 Å². The van der Waals surface area contributed by atoms with Crippen LogP contribution in [0.1, 0.15) is 36.8 Å². The van der Waals surface area contributed by atoms with Gasteiger partial charge < -0.3 is 15.2 Å². The molecule has 1 aromatic rings. The zero-order valence-corrected chi connectivity index (χ0v) is 12.0. The van der Waals surface area contributed by atoms with Gasteiger partial charge in [0.1, 0.15) is 0 Å². The molecule has 0 atom stereocenters. The number of likely N-dealkylation sites (N-methyl/N-ethyl adjacent to an activating group) is 1. The minimum atomic E-state index is 0.547. The Kier molecular flexibility index (Phi) is 5.22. The molecule has 0 radical (unpaired) electrons. The summed E-state index contributed by atoms with van der Waals surface area (Å²) in [5.74, 6) is 0. The van der Waals surface area contributed by atoms with Crippen molar-refractivity contribution >= 4 is 0 Å². The van der Waals surface area contributed by atoms with E-state index in [-0.39, 0.29) is 0 Å². The monoisotopic (exact) mass is 237 g/mol. The lowest BCUT2D eigenvalue weighted by Gasteiger charge is -2.16. The Bertz CT molecular complexity index is 353. The van der Waals surface area contributed by atoms with Crippen LogP contribution < -0.4 is 5.73 Å². The van der Waals surface area contributed by atoms with Crippen LogP contribution in [0.4, 0.5) is 0 Å². The molecule has 1 rings (SSSR count). The predicted octanol–water partition coefficient (Wildman–Crippen LogP) is 2.12. The number of rotatable bonds is 6. The molecule has 2 N–H and O–H groups in total. The first-order chi connectivity index (χ1) is 7.97. The SMILES string of the molecule is Cc1cc(CCN(C)CCN)c(C)n1C(C)C. The average molecular weight is 237 g/mol. The van der Waals surface area contributed by atoms with Gasteiger partial charge in [0, 0.05) is 37.1 Å². The highest BCUT2D eigenvalue weighted by Gasteiger charge is 2.11. The summed E-state index contributed by atoms with van der Waals surface area (Å²) < 4.78 is 2.41. The first-order valence-corrected chi connectivity index (χ1v) is 6.53. The molecule has 0 aliphatic rings. The minimum Gasteiger partial charge on any atom is -0.346 e. The van der Waals surface area contributed by atoms with E-state index in [1.54, 1.807) is 0 Å². The van der Waals surface area contributed by atoms with Gasteiger partial charge >= 0.3 is 0 Å². The number of aromatic nitrogens is 1. The van der Waals surface area contributed by atoms with Crippen molar-refractivity contribution in [2.75, 3.05) is 26.7 Å². The summed E-state index contributed by atoms with van der Waals surface area (Å²) in [4.78, 5) is 2.29. The van der Waals surface area contributed by atoms with Crippen molar-refractivity contribution < 1.29 is 0 Å². The molecule has 0 aromatic carbocycles. The van der Waals surface area contributed by atoms with Crippen LogP contribution in [0.25, 0.3) is 0 Å². The van der Waals surface area contributed by atoms with Crippen LogP contribution in [-0.2, 0) is 6.42 Å². The van der Waals surface area contributed by atoms with E-state index in [0.29, 0.717) is 6.04 Å². The normalized spacial score (nSPS) is 11.8. The third-order valence-electron chi connectivity index (χ3n) is 3.38. The number of hydrogen-bond donors (Lipinski definition) is 1. The van der Waals surface area contributed by atoms with Gasteiger partial charge in [0.05, 0.1) is 0 Å². The van der Waals surface area contributed by atoms with Crippen LogP contribution in [-0.4, -0.2) is 36.1 Å². The van der Waals surface area contributed by atoms with Crippen molar-refractivity contribution in [3.63, 3.8) is 0 Å². The average Bonchev–Trinajstić information content (AvgIpc) is 2.51. The number of nitrogens with zero attached hydrogens (tertiary/aromatic N) is 2.